The molecular formula is C20H24OS. The van der Waals surface area contributed by atoms with Crippen LogP contribution in [0.2, 0.25) is 0 Å². The first-order chi connectivity index (χ1) is 10.8. The maximum Gasteiger partial charge on any atom is 0.120 e. The Bertz CT molecular complexity index is 602. The summed E-state index contributed by atoms with van der Waals surface area (Å²) in [7, 11) is 0. The maximum absolute atomic E-state index is 6.20. The number of hydrogen-bond donors (Lipinski definition) is 1. The molecule has 116 valence electrons. The molecule has 1 nitrogen and oxygen atoms in total. The lowest BCUT2D eigenvalue weighted by molar-refractivity contribution is 0.154. The lowest BCUT2D eigenvalue weighted by Gasteiger charge is -2.21. The van der Waals surface area contributed by atoms with Crippen LogP contribution in [0, 0.1) is 5.92 Å². The van der Waals surface area contributed by atoms with Gasteiger partial charge >= 0.3 is 0 Å². The molecule has 0 bridgehead atoms. The summed E-state index contributed by atoms with van der Waals surface area (Å²) in [6, 6.07) is 16.9. The van der Waals surface area contributed by atoms with Crippen LogP contribution in [0.1, 0.15) is 38.2 Å². The average molecular weight is 312 g/mol. The molecule has 2 aromatic rings. The fourth-order valence-corrected chi connectivity index (χ4v) is 3.67. The molecule has 0 spiro atoms. The van der Waals surface area contributed by atoms with E-state index in [9.17, 15) is 0 Å². The molecule has 1 atom stereocenters. The minimum atomic E-state index is 0.304. The Morgan fingerprint density at radius 1 is 1.09 bits per heavy atom. The van der Waals surface area contributed by atoms with E-state index in [0.29, 0.717) is 12.0 Å². The van der Waals surface area contributed by atoms with Crippen molar-refractivity contribution in [1.82, 2.24) is 0 Å². The summed E-state index contributed by atoms with van der Waals surface area (Å²) in [5, 5.41) is 0. The van der Waals surface area contributed by atoms with Crippen molar-refractivity contribution in [3.8, 4) is 16.9 Å². The summed E-state index contributed by atoms with van der Waals surface area (Å²) >= 11 is 4.50. The number of thiol groups is 1. The van der Waals surface area contributed by atoms with Gasteiger partial charge in [-0.15, -0.1) is 0 Å². The Kier molecular flexibility index (Phi) is 5.09. The summed E-state index contributed by atoms with van der Waals surface area (Å²) in [6.07, 6.45) is 5.63. The normalized spacial score (nSPS) is 16.6. The van der Waals surface area contributed by atoms with Crippen LogP contribution >= 0.6 is 12.6 Å². The van der Waals surface area contributed by atoms with Gasteiger partial charge in [0.1, 0.15) is 5.75 Å². The van der Waals surface area contributed by atoms with E-state index in [4.69, 9.17) is 4.74 Å². The second-order valence-electron chi connectivity index (χ2n) is 6.21. The Morgan fingerprint density at radius 3 is 2.50 bits per heavy atom. The van der Waals surface area contributed by atoms with E-state index in [1.807, 2.05) is 6.07 Å². The highest BCUT2D eigenvalue weighted by Gasteiger charge is 2.23. The SMILES string of the molecule is CC(Oc1ccc(-c2ccccc2)c(CS)c1)C1CCCC1. The van der Waals surface area contributed by atoms with Gasteiger partial charge in [-0.2, -0.15) is 12.6 Å². The highest BCUT2D eigenvalue weighted by molar-refractivity contribution is 7.79. The fraction of sp³-hybridized carbons (Fsp3) is 0.400. The highest BCUT2D eigenvalue weighted by Crippen LogP contribution is 2.32. The quantitative estimate of drug-likeness (QED) is 0.692. The van der Waals surface area contributed by atoms with E-state index >= 15 is 0 Å². The molecule has 22 heavy (non-hydrogen) atoms. The second-order valence-corrected chi connectivity index (χ2v) is 6.53. The first kappa shape index (κ1) is 15.5. The summed E-state index contributed by atoms with van der Waals surface area (Å²) in [5.74, 6) is 2.41. The van der Waals surface area contributed by atoms with Gasteiger partial charge in [0, 0.05) is 5.75 Å². The Morgan fingerprint density at radius 2 is 1.82 bits per heavy atom. The van der Waals surface area contributed by atoms with Crippen molar-refractivity contribution in [3.63, 3.8) is 0 Å². The van der Waals surface area contributed by atoms with Gasteiger partial charge < -0.3 is 4.74 Å². The van der Waals surface area contributed by atoms with E-state index < -0.39 is 0 Å². The molecule has 0 heterocycles. The van der Waals surface area contributed by atoms with Gasteiger partial charge in [0.15, 0.2) is 0 Å². The van der Waals surface area contributed by atoms with Gasteiger partial charge in [0.05, 0.1) is 6.10 Å². The molecule has 1 unspecified atom stereocenters. The lowest BCUT2D eigenvalue weighted by atomic mass is 10.00. The van der Waals surface area contributed by atoms with Gasteiger partial charge in [-0.05, 0) is 54.5 Å². The molecule has 1 saturated carbocycles. The third-order valence-electron chi connectivity index (χ3n) is 4.72. The summed E-state index contributed by atoms with van der Waals surface area (Å²) < 4.78 is 6.20. The Labute approximate surface area is 139 Å². The van der Waals surface area contributed by atoms with Crippen LogP contribution in [0.3, 0.4) is 0 Å². The molecule has 1 aliphatic carbocycles. The molecule has 0 saturated heterocycles. The highest BCUT2D eigenvalue weighted by atomic mass is 32.1. The van der Waals surface area contributed by atoms with E-state index in [1.165, 1.54) is 42.4 Å². The predicted octanol–water partition coefficient (Wildman–Crippen LogP) is 5.74. The molecule has 0 aromatic heterocycles. The smallest absolute Gasteiger partial charge is 0.120 e. The maximum atomic E-state index is 6.20. The molecule has 0 N–H and O–H groups in total. The standard InChI is InChI=1S/C20H24OS/c1-15(16-7-5-6-8-16)21-19-11-12-20(18(13-19)14-22)17-9-3-2-4-10-17/h2-4,9-13,15-16,22H,5-8,14H2,1H3. The van der Waals surface area contributed by atoms with Gasteiger partial charge in [0.2, 0.25) is 0 Å². The third-order valence-corrected chi connectivity index (χ3v) is 5.06. The van der Waals surface area contributed by atoms with Crippen molar-refractivity contribution >= 4 is 12.6 Å². The number of rotatable bonds is 5. The number of ether oxygens (including phenoxy) is 1. The molecule has 0 amide bonds. The summed E-state index contributed by atoms with van der Waals surface area (Å²) in [5.41, 5.74) is 3.71. The van der Waals surface area contributed by atoms with E-state index in [1.54, 1.807) is 0 Å². The zero-order chi connectivity index (χ0) is 15.4. The van der Waals surface area contributed by atoms with Gasteiger partial charge in [-0.1, -0.05) is 49.2 Å². The average Bonchev–Trinajstić information content (AvgIpc) is 3.10. The van der Waals surface area contributed by atoms with Crippen LogP contribution in [0.15, 0.2) is 48.5 Å². The molecule has 2 heteroatoms. The van der Waals surface area contributed by atoms with Crippen LogP contribution in [0.25, 0.3) is 11.1 Å². The zero-order valence-electron chi connectivity index (χ0n) is 13.2. The van der Waals surface area contributed by atoms with Crippen molar-refractivity contribution in [2.45, 2.75) is 44.5 Å². The molecule has 0 radical (unpaired) electrons. The van der Waals surface area contributed by atoms with Crippen molar-refractivity contribution in [2.24, 2.45) is 5.92 Å². The lowest BCUT2D eigenvalue weighted by Crippen LogP contribution is -2.21. The van der Waals surface area contributed by atoms with E-state index in [-0.39, 0.29) is 0 Å². The molecule has 1 fully saturated rings. The van der Waals surface area contributed by atoms with Crippen molar-refractivity contribution in [1.29, 1.82) is 0 Å². The van der Waals surface area contributed by atoms with Gasteiger partial charge in [-0.3, -0.25) is 0 Å². The van der Waals surface area contributed by atoms with Crippen molar-refractivity contribution < 1.29 is 4.74 Å². The predicted molar refractivity (Wildman–Crippen MR) is 96.6 cm³/mol. The van der Waals surface area contributed by atoms with Gasteiger partial charge in [-0.25, -0.2) is 0 Å². The molecule has 1 aliphatic rings. The van der Waals surface area contributed by atoms with Crippen molar-refractivity contribution in [3.05, 3.63) is 54.1 Å². The van der Waals surface area contributed by atoms with E-state index in [2.05, 4.69) is 62.0 Å². The summed E-state index contributed by atoms with van der Waals surface area (Å²) in [6.45, 7) is 2.21. The monoisotopic (exact) mass is 312 g/mol. The van der Waals surface area contributed by atoms with E-state index in [0.717, 1.165) is 11.5 Å². The molecular weight excluding hydrogens is 288 g/mol. The minimum Gasteiger partial charge on any atom is -0.490 e. The first-order valence-corrected chi connectivity index (χ1v) is 8.87. The topological polar surface area (TPSA) is 9.23 Å². The molecule has 3 rings (SSSR count). The van der Waals surface area contributed by atoms with Gasteiger partial charge in [0.25, 0.3) is 0 Å². The van der Waals surface area contributed by atoms with Crippen LogP contribution in [0.5, 0.6) is 5.75 Å². The largest absolute Gasteiger partial charge is 0.490 e. The molecule has 2 aromatic carbocycles. The van der Waals surface area contributed by atoms with Crippen LogP contribution in [-0.4, -0.2) is 6.10 Å². The van der Waals surface area contributed by atoms with Crippen LogP contribution in [0.4, 0.5) is 0 Å². The minimum absolute atomic E-state index is 0.304. The van der Waals surface area contributed by atoms with Crippen molar-refractivity contribution in [2.75, 3.05) is 0 Å². The second kappa shape index (κ2) is 7.23. The number of hydrogen-bond acceptors (Lipinski definition) is 2. The van der Waals surface area contributed by atoms with Crippen LogP contribution < -0.4 is 4.74 Å². The Balaban J connectivity index is 1.79. The zero-order valence-corrected chi connectivity index (χ0v) is 14.1. The Hall–Kier alpha value is -1.41. The summed E-state index contributed by atoms with van der Waals surface area (Å²) in [4.78, 5) is 0. The number of benzene rings is 2. The molecule has 0 aliphatic heterocycles. The first-order valence-electron chi connectivity index (χ1n) is 8.24. The van der Waals surface area contributed by atoms with Crippen LogP contribution in [-0.2, 0) is 5.75 Å². The third kappa shape index (κ3) is 3.49. The fourth-order valence-electron chi connectivity index (χ4n) is 3.41.